The second kappa shape index (κ2) is 4.00. The van der Waals surface area contributed by atoms with Gasteiger partial charge in [-0.1, -0.05) is 0 Å². The molecule has 0 spiro atoms. The smallest absolute Gasteiger partial charge is 0.121 e. The first kappa shape index (κ1) is 9.52. The number of nitrogens with two attached hydrogens (primary N) is 1. The standard InChI is InChI=1S/C10H18N4/c1-13-7-2-3-9(5-8-13)14-10(11)4-6-12-14/h4,6,9H,2-3,5,7-8,11H2,1H3. The lowest BCUT2D eigenvalue weighted by Gasteiger charge is -2.16. The summed E-state index contributed by atoms with van der Waals surface area (Å²) in [5.74, 6) is 0.791. The first-order chi connectivity index (χ1) is 6.77. The van der Waals surface area contributed by atoms with E-state index in [1.165, 1.54) is 19.4 Å². The zero-order chi connectivity index (χ0) is 9.97. The number of aromatic nitrogens is 2. The Morgan fingerprint density at radius 1 is 1.43 bits per heavy atom. The highest BCUT2D eigenvalue weighted by molar-refractivity contribution is 5.26. The molecule has 1 atom stereocenters. The molecular weight excluding hydrogens is 176 g/mol. The zero-order valence-corrected chi connectivity index (χ0v) is 8.69. The Balaban J connectivity index is 2.08. The summed E-state index contributed by atoms with van der Waals surface area (Å²) in [6, 6.07) is 2.36. The summed E-state index contributed by atoms with van der Waals surface area (Å²) in [5, 5.41) is 4.28. The summed E-state index contributed by atoms with van der Waals surface area (Å²) < 4.78 is 1.97. The summed E-state index contributed by atoms with van der Waals surface area (Å²) in [6.45, 7) is 2.33. The maximum atomic E-state index is 5.84. The van der Waals surface area contributed by atoms with Gasteiger partial charge in [0.05, 0.1) is 12.2 Å². The van der Waals surface area contributed by atoms with Crippen molar-refractivity contribution in [3.05, 3.63) is 12.3 Å². The first-order valence-corrected chi connectivity index (χ1v) is 5.25. The van der Waals surface area contributed by atoms with Crippen molar-refractivity contribution in [1.29, 1.82) is 0 Å². The SMILES string of the molecule is CN1CCCC(n2nccc2N)CC1. The zero-order valence-electron chi connectivity index (χ0n) is 8.69. The van der Waals surface area contributed by atoms with Crippen molar-refractivity contribution >= 4 is 5.82 Å². The van der Waals surface area contributed by atoms with E-state index in [1.54, 1.807) is 6.20 Å². The highest BCUT2D eigenvalue weighted by atomic mass is 15.3. The quantitative estimate of drug-likeness (QED) is 0.728. The summed E-state index contributed by atoms with van der Waals surface area (Å²) in [6.07, 6.45) is 5.36. The van der Waals surface area contributed by atoms with Crippen molar-refractivity contribution in [3.63, 3.8) is 0 Å². The molecule has 4 nitrogen and oxygen atoms in total. The predicted molar refractivity (Wildman–Crippen MR) is 57.0 cm³/mol. The fraction of sp³-hybridized carbons (Fsp3) is 0.700. The lowest BCUT2D eigenvalue weighted by atomic mass is 10.1. The Bertz CT molecular complexity index is 294. The molecule has 2 rings (SSSR count). The average Bonchev–Trinajstić information content (AvgIpc) is 2.46. The second-order valence-electron chi connectivity index (χ2n) is 4.09. The van der Waals surface area contributed by atoms with Crippen molar-refractivity contribution in [2.45, 2.75) is 25.3 Å². The number of rotatable bonds is 1. The van der Waals surface area contributed by atoms with Crippen LogP contribution in [0.4, 0.5) is 5.82 Å². The van der Waals surface area contributed by atoms with Gasteiger partial charge in [-0.3, -0.25) is 0 Å². The van der Waals surface area contributed by atoms with Crippen LogP contribution >= 0.6 is 0 Å². The second-order valence-corrected chi connectivity index (χ2v) is 4.09. The minimum atomic E-state index is 0.495. The Labute approximate surface area is 84.7 Å². The van der Waals surface area contributed by atoms with E-state index in [2.05, 4.69) is 17.0 Å². The molecule has 1 aliphatic rings. The lowest BCUT2D eigenvalue weighted by molar-refractivity contribution is 0.337. The van der Waals surface area contributed by atoms with Gasteiger partial charge in [-0.05, 0) is 45.5 Å². The number of hydrogen-bond acceptors (Lipinski definition) is 3. The van der Waals surface area contributed by atoms with E-state index in [0.29, 0.717) is 6.04 Å². The number of nitrogens with zero attached hydrogens (tertiary/aromatic N) is 3. The molecule has 2 N–H and O–H groups in total. The van der Waals surface area contributed by atoms with E-state index in [1.807, 2.05) is 10.7 Å². The van der Waals surface area contributed by atoms with Gasteiger partial charge < -0.3 is 10.6 Å². The van der Waals surface area contributed by atoms with Gasteiger partial charge in [0.2, 0.25) is 0 Å². The van der Waals surface area contributed by atoms with Gasteiger partial charge in [-0.25, -0.2) is 4.68 Å². The van der Waals surface area contributed by atoms with E-state index < -0.39 is 0 Å². The summed E-state index contributed by atoms with van der Waals surface area (Å²) >= 11 is 0. The molecule has 14 heavy (non-hydrogen) atoms. The van der Waals surface area contributed by atoms with Crippen LogP contribution in [-0.2, 0) is 0 Å². The summed E-state index contributed by atoms with van der Waals surface area (Å²) in [5.41, 5.74) is 5.84. The first-order valence-electron chi connectivity index (χ1n) is 5.25. The third-order valence-corrected chi connectivity index (χ3v) is 2.97. The van der Waals surface area contributed by atoms with Gasteiger partial charge in [0.1, 0.15) is 5.82 Å². The number of likely N-dealkylation sites (tertiary alicyclic amines) is 1. The van der Waals surface area contributed by atoms with Crippen LogP contribution < -0.4 is 5.73 Å². The molecule has 78 valence electrons. The van der Waals surface area contributed by atoms with Crippen LogP contribution in [0.3, 0.4) is 0 Å². The molecule has 0 aliphatic carbocycles. The van der Waals surface area contributed by atoms with Crippen molar-refractivity contribution in [3.8, 4) is 0 Å². The molecule has 0 bridgehead atoms. The third kappa shape index (κ3) is 1.90. The molecule has 0 saturated carbocycles. The maximum absolute atomic E-state index is 5.84. The van der Waals surface area contributed by atoms with Crippen LogP contribution in [-0.4, -0.2) is 34.8 Å². The van der Waals surface area contributed by atoms with Crippen LogP contribution in [0, 0.1) is 0 Å². The molecule has 0 aromatic carbocycles. The van der Waals surface area contributed by atoms with Gasteiger partial charge in [-0.15, -0.1) is 0 Å². The van der Waals surface area contributed by atoms with Crippen LogP contribution in [0.2, 0.25) is 0 Å². The van der Waals surface area contributed by atoms with Crippen LogP contribution in [0.15, 0.2) is 12.3 Å². The molecule has 1 aliphatic heterocycles. The molecule has 4 heteroatoms. The fourth-order valence-corrected chi connectivity index (χ4v) is 2.10. The van der Waals surface area contributed by atoms with Crippen LogP contribution in [0.1, 0.15) is 25.3 Å². The highest BCUT2D eigenvalue weighted by Crippen LogP contribution is 2.23. The molecule has 1 aromatic heterocycles. The van der Waals surface area contributed by atoms with Crippen molar-refractivity contribution in [2.24, 2.45) is 0 Å². The molecule has 1 unspecified atom stereocenters. The van der Waals surface area contributed by atoms with E-state index in [-0.39, 0.29) is 0 Å². The minimum absolute atomic E-state index is 0.495. The van der Waals surface area contributed by atoms with Gasteiger partial charge in [0.15, 0.2) is 0 Å². The largest absolute Gasteiger partial charge is 0.384 e. The van der Waals surface area contributed by atoms with Gasteiger partial charge in [0.25, 0.3) is 0 Å². The molecular formula is C10H18N4. The predicted octanol–water partition coefficient (Wildman–Crippen LogP) is 1.12. The molecule has 2 heterocycles. The maximum Gasteiger partial charge on any atom is 0.121 e. The number of hydrogen-bond donors (Lipinski definition) is 1. The van der Waals surface area contributed by atoms with Gasteiger partial charge >= 0.3 is 0 Å². The fourth-order valence-electron chi connectivity index (χ4n) is 2.10. The van der Waals surface area contributed by atoms with E-state index in [4.69, 9.17) is 5.73 Å². The van der Waals surface area contributed by atoms with Gasteiger partial charge in [-0.2, -0.15) is 5.10 Å². The molecule has 0 amide bonds. The topological polar surface area (TPSA) is 47.1 Å². The monoisotopic (exact) mass is 194 g/mol. The molecule has 1 saturated heterocycles. The van der Waals surface area contributed by atoms with Crippen molar-refractivity contribution in [1.82, 2.24) is 14.7 Å². The average molecular weight is 194 g/mol. The lowest BCUT2D eigenvalue weighted by Crippen LogP contribution is -2.19. The Hall–Kier alpha value is -1.03. The molecule has 1 fully saturated rings. The Morgan fingerprint density at radius 2 is 2.29 bits per heavy atom. The summed E-state index contributed by atoms with van der Waals surface area (Å²) in [7, 11) is 2.18. The van der Waals surface area contributed by atoms with Crippen LogP contribution in [0.25, 0.3) is 0 Å². The van der Waals surface area contributed by atoms with E-state index in [0.717, 1.165) is 18.8 Å². The van der Waals surface area contributed by atoms with Crippen LogP contribution in [0.5, 0.6) is 0 Å². The number of nitrogen functional groups attached to an aromatic ring is 1. The Kier molecular flexibility index (Phi) is 2.72. The van der Waals surface area contributed by atoms with Crippen molar-refractivity contribution < 1.29 is 0 Å². The van der Waals surface area contributed by atoms with Crippen molar-refractivity contribution in [2.75, 3.05) is 25.9 Å². The van der Waals surface area contributed by atoms with Gasteiger partial charge in [0, 0.05) is 0 Å². The Morgan fingerprint density at radius 3 is 3.00 bits per heavy atom. The highest BCUT2D eigenvalue weighted by Gasteiger charge is 2.17. The third-order valence-electron chi connectivity index (χ3n) is 2.97. The number of anilines is 1. The van der Waals surface area contributed by atoms with E-state index in [9.17, 15) is 0 Å². The molecule has 1 aromatic rings. The minimum Gasteiger partial charge on any atom is -0.384 e. The molecule has 0 radical (unpaired) electrons. The summed E-state index contributed by atoms with van der Waals surface area (Å²) in [4.78, 5) is 2.37. The van der Waals surface area contributed by atoms with E-state index >= 15 is 0 Å². The normalized spacial score (nSPS) is 24.8.